The molecule has 0 amide bonds. The van der Waals surface area contributed by atoms with Crippen LogP contribution in [0.25, 0.3) is 38.9 Å². The molecule has 2 aromatic carbocycles. The van der Waals surface area contributed by atoms with Gasteiger partial charge in [-0.1, -0.05) is 36.4 Å². The number of nitrogens with zero attached hydrogens (tertiary/aromatic N) is 4. The highest BCUT2D eigenvalue weighted by Crippen LogP contribution is 2.28. The number of aromatic amines is 1. The lowest BCUT2D eigenvalue weighted by atomic mass is 10.2. The largest absolute Gasteiger partial charge is 0.507 e. The molecule has 0 bridgehead atoms. The van der Waals surface area contributed by atoms with E-state index in [-0.39, 0.29) is 11.4 Å². The fraction of sp³-hybridized carbons (Fsp3) is 0.0370. The molecule has 0 saturated heterocycles. The summed E-state index contributed by atoms with van der Waals surface area (Å²) in [6, 6.07) is 22.7. The molecule has 0 radical (unpaired) electrons. The van der Waals surface area contributed by atoms with Gasteiger partial charge in [0.25, 0.3) is 0 Å². The number of hydrogen-bond donors (Lipinski definition) is 2. The van der Waals surface area contributed by atoms with Crippen molar-refractivity contribution in [3.8, 4) is 22.3 Å². The van der Waals surface area contributed by atoms with Crippen molar-refractivity contribution in [2.75, 3.05) is 6.61 Å². The van der Waals surface area contributed by atoms with E-state index >= 15 is 0 Å². The zero-order chi connectivity index (χ0) is 24.9. The minimum Gasteiger partial charge on any atom is -0.507 e. The van der Waals surface area contributed by atoms with Crippen LogP contribution in [0.5, 0.6) is 0 Å². The molecule has 0 aliphatic rings. The van der Waals surface area contributed by atoms with E-state index in [1.807, 2.05) is 78.3 Å². The lowest BCUT2D eigenvalue weighted by Gasteiger charge is -2.03. The van der Waals surface area contributed by atoms with Gasteiger partial charge in [-0.15, -0.1) is 11.3 Å². The van der Waals surface area contributed by atoms with Crippen LogP contribution in [0.1, 0.15) is 11.4 Å². The third-order valence-corrected chi connectivity index (χ3v) is 6.17. The van der Waals surface area contributed by atoms with E-state index in [0.29, 0.717) is 5.52 Å². The highest BCUT2D eigenvalue weighted by Gasteiger charge is 2.15. The number of hydrogen-bond acceptors (Lipinski definition) is 7. The Hall–Kier alpha value is -4.94. The van der Waals surface area contributed by atoms with Gasteiger partial charge in [0.2, 0.25) is 0 Å². The zero-order valence-electron chi connectivity index (χ0n) is 18.8. The topological polar surface area (TPSA) is 117 Å². The highest BCUT2D eigenvalue weighted by molar-refractivity contribution is 7.13. The third-order valence-electron chi connectivity index (χ3n) is 5.29. The molecule has 36 heavy (non-hydrogen) atoms. The predicted octanol–water partition coefficient (Wildman–Crippen LogP) is 5.53. The molecule has 3 aromatic heterocycles. The van der Waals surface area contributed by atoms with Gasteiger partial charge in [0, 0.05) is 17.8 Å². The van der Waals surface area contributed by atoms with Crippen LogP contribution in [-0.4, -0.2) is 37.4 Å². The number of H-pyrrole nitrogens is 1. The van der Waals surface area contributed by atoms with Crippen molar-refractivity contribution in [3.63, 3.8) is 0 Å². The van der Waals surface area contributed by atoms with Gasteiger partial charge in [0.15, 0.2) is 11.6 Å². The average molecular weight is 494 g/mol. The normalized spacial score (nSPS) is 12.0. The number of nitriles is 1. The number of nitrogens with one attached hydrogen (secondary N) is 1. The summed E-state index contributed by atoms with van der Waals surface area (Å²) in [7, 11) is 0. The molecule has 0 saturated carbocycles. The summed E-state index contributed by atoms with van der Waals surface area (Å²) >= 11 is 1.55. The van der Waals surface area contributed by atoms with E-state index in [1.54, 1.807) is 28.2 Å². The number of carbonyl (C=O) groups excluding carboxylic acids is 1. The average Bonchev–Trinajstić information content (AvgIpc) is 3.66. The molecular formula is C27H19N5O3S. The monoisotopic (exact) mass is 493 g/mol. The van der Waals surface area contributed by atoms with Gasteiger partial charge in [-0.05, 0) is 41.8 Å². The Morgan fingerprint density at radius 3 is 2.69 bits per heavy atom. The van der Waals surface area contributed by atoms with Crippen LogP contribution >= 0.6 is 11.3 Å². The van der Waals surface area contributed by atoms with Gasteiger partial charge >= 0.3 is 5.97 Å². The minimum absolute atomic E-state index is 0.0906. The second kappa shape index (κ2) is 10.1. The number of thiophene rings is 1. The summed E-state index contributed by atoms with van der Waals surface area (Å²) in [6.45, 7) is -0.468. The molecule has 9 heteroatoms. The van der Waals surface area contributed by atoms with Crippen molar-refractivity contribution in [2.45, 2.75) is 0 Å². The molecule has 5 aromatic rings. The number of esters is 1. The van der Waals surface area contributed by atoms with Crippen LogP contribution in [0, 0.1) is 11.3 Å². The smallest absolute Gasteiger partial charge is 0.331 e. The molecule has 0 atom stereocenters. The number of aromatic nitrogens is 4. The van der Waals surface area contributed by atoms with Crippen molar-refractivity contribution in [1.82, 2.24) is 19.7 Å². The van der Waals surface area contributed by atoms with E-state index in [4.69, 9.17) is 9.84 Å². The fourth-order valence-corrected chi connectivity index (χ4v) is 4.30. The van der Waals surface area contributed by atoms with Gasteiger partial charge in [-0.3, -0.25) is 0 Å². The van der Waals surface area contributed by atoms with E-state index in [1.165, 1.54) is 6.08 Å². The summed E-state index contributed by atoms with van der Waals surface area (Å²) in [5.41, 5.74) is 3.65. The molecule has 8 nitrogen and oxygen atoms in total. The number of ether oxygens (including phenoxy) is 1. The first-order valence-corrected chi connectivity index (χ1v) is 11.8. The Kier molecular flexibility index (Phi) is 6.42. The maximum absolute atomic E-state index is 12.4. The molecule has 3 heterocycles. The molecule has 0 unspecified atom stereocenters. The molecule has 2 N–H and O–H groups in total. The first-order valence-electron chi connectivity index (χ1n) is 10.9. The third kappa shape index (κ3) is 4.80. The molecule has 176 valence electrons. The van der Waals surface area contributed by atoms with Crippen LogP contribution in [-0.2, 0) is 9.53 Å². The number of aliphatic hydroxyl groups excluding tert-OH is 1. The highest BCUT2D eigenvalue weighted by atomic mass is 32.1. The Bertz CT molecular complexity index is 1590. The fourth-order valence-electron chi connectivity index (χ4n) is 3.57. The van der Waals surface area contributed by atoms with Crippen molar-refractivity contribution < 1.29 is 14.6 Å². The minimum atomic E-state index is -0.673. The lowest BCUT2D eigenvalue weighted by Crippen LogP contribution is -2.06. The SMILES string of the molecule is N#CC(=C(O)COC(=O)/C=C/c1cn(-c2ccccc2)nc1-c1cccs1)c1nc2ccccc2[nH]1. The number of para-hydroxylation sites is 3. The number of imidazole rings is 1. The van der Waals surface area contributed by atoms with Crippen LogP contribution in [0.2, 0.25) is 0 Å². The summed E-state index contributed by atoms with van der Waals surface area (Å²) in [5.74, 6) is -0.862. The van der Waals surface area contributed by atoms with Crippen LogP contribution in [0.4, 0.5) is 0 Å². The second-order valence-electron chi connectivity index (χ2n) is 7.67. The quantitative estimate of drug-likeness (QED) is 0.133. The number of benzene rings is 2. The van der Waals surface area contributed by atoms with Crippen LogP contribution < -0.4 is 0 Å². The van der Waals surface area contributed by atoms with Gasteiger partial charge < -0.3 is 14.8 Å². The zero-order valence-corrected chi connectivity index (χ0v) is 19.6. The second-order valence-corrected chi connectivity index (χ2v) is 8.62. The standard InChI is InChI=1S/C27H19N5O3S/c28-15-20(27-29-21-9-4-5-10-22(21)30-27)23(33)17-35-25(34)13-12-18-16-32(19-7-2-1-3-8-19)31-26(18)24-11-6-14-36-24/h1-14,16,33H,17H2,(H,29,30)/b13-12+,23-20?. The molecule has 0 aliphatic carbocycles. The predicted molar refractivity (Wildman–Crippen MR) is 138 cm³/mol. The molecule has 0 fully saturated rings. The summed E-state index contributed by atoms with van der Waals surface area (Å²) in [5, 5.41) is 26.6. The van der Waals surface area contributed by atoms with Gasteiger partial charge in [0.1, 0.15) is 23.9 Å². The van der Waals surface area contributed by atoms with Crippen molar-refractivity contribution in [1.29, 1.82) is 5.26 Å². The number of fused-ring (bicyclic) bond motifs is 1. The van der Waals surface area contributed by atoms with Gasteiger partial charge in [-0.25, -0.2) is 14.5 Å². The summed E-state index contributed by atoms with van der Waals surface area (Å²) < 4.78 is 6.93. The number of rotatable bonds is 7. The van der Waals surface area contributed by atoms with Gasteiger partial charge in [-0.2, -0.15) is 10.4 Å². The Labute approximate surface area is 210 Å². The van der Waals surface area contributed by atoms with E-state index in [2.05, 4.69) is 9.97 Å². The Balaban J connectivity index is 1.33. The molecule has 0 aliphatic heterocycles. The maximum Gasteiger partial charge on any atom is 0.331 e. The van der Waals surface area contributed by atoms with E-state index < -0.39 is 18.3 Å². The van der Waals surface area contributed by atoms with Crippen LogP contribution in [0.3, 0.4) is 0 Å². The molecular weight excluding hydrogens is 474 g/mol. The van der Waals surface area contributed by atoms with Gasteiger partial charge in [0.05, 0.1) is 21.6 Å². The lowest BCUT2D eigenvalue weighted by molar-refractivity contribution is -0.137. The molecule has 5 rings (SSSR count). The summed E-state index contributed by atoms with van der Waals surface area (Å²) in [4.78, 5) is 20.7. The maximum atomic E-state index is 12.4. The molecule has 0 spiro atoms. The van der Waals surface area contributed by atoms with Crippen molar-refractivity contribution in [2.24, 2.45) is 0 Å². The van der Waals surface area contributed by atoms with Crippen molar-refractivity contribution in [3.05, 3.63) is 102 Å². The Morgan fingerprint density at radius 2 is 1.94 bits per heavy atom. The number of aliphatic hydroxyl groups is 1. The number of carbonyl (C=O) groups is 1. The first-order chi connectivity index (χ1) is 17.6. The van der Waals surface area contributed by atoms with E-state index in [0.717, 1.165) is 27.3 Å². The van der Waals surface area contributed by atoms with E-state index in [9.17, 15) is 15.2 Å². The first kappa shape index (κ1) is 22.8. The van der Waals surface area contributed by atoms with Crippen LogP contribution in [0.15, 0.2) is 90.1 Å². The van der Waals surface area contributed by atoms with Crippen molar-refractivity contribution >= 4 is 40.0 Å². The Morgan fingerprint density at radius 1 is 1.14 bits per heavy atom. The summed E-state index contributed by atoms with van der Waals surface area (Å²) in [6.07, 6.45) is 4.72. The number of allylic oxidation sites excluding steroid dienone is 1.